The number of rotatable bonds is 9. The van der Waals surface area contributed by atoms with Gasteiger partial charge in [0.2, 0.25) is 0 Å². The molecule has 0 aliphatic carbocycles. The summed E-state index contributed by atoms with van der Waals surface area (Å²) >= 11 is 3.35. The smallest absolute Gasteiger partial charge is 0.338 e. The van der Waals surface area contributed by atoms with Gasteiger partial charge in [-0.3, -0.25) is 4.79 Å². The Bertz CT molecular complexity index is 980. The van der Waals surface area contributed by atoms with Crippen molar-refractivity contribution in [1.29, 1.82) is 5.26 Å². The van der Waals surface area contributed by atoms with Gasteiger partial charge < -0.3 is 19.1 Å². The molecule has 7 nitrogen and oxygen atoms in total. The molecule has 0 saturated carbocycles. The van der Waals surface area contributed by atoms with Crippen LogP contribution in [0.3, 0.4) is 0 Å². The molecule has 1 amide bonds. The number of halogens is 1. The Morgan fingerprint density at radius 3 is 2.39 bits per heavy atom. The first-order valence-corrected chi connectivity index (χ1v) is 10.5. The Morgan fingerprint density at radius 2 is 1.81 bits per heavy atom. The zero-order valence-electron chi connectivity index (χ0n) is 18.0. The fourth-order valence-corrected chi connectivity index (χ4v) is 3.71. The second-order valence-electron chi connectivity index (χ2n) is 6.80. The van der Waals surface area contributed by atoms with Crippen molar-refractivity contribution >= 4 is 33.5 Å². The Kier molecular flexibility index (Phi) is 8.88. The number of methoxy groups -OCH3 is 1. The molecule has 0 saturated heterocycles. The summed E-state index contributed by atoms with van der Waals surface area (Å²) < 4.78 is 16.6. The van der Waals surface area contributed by atoms with Crippen molar-refractivity contribution in [3.05, 3.63) is 51.5 Å². The van der Waals surface area contributed by atoms with E-state index in [0.717, 1.165) is 11.1 Å². The minimum atomic E-state index is -0.668. The van der Waals surface area contributed by atoms with Crippen LogP contribution in [0.15, 0.2) is 34.8 Å². The lowest BCUT2D eigenvalue weighted by Gasteiger charge is -2.22. The lowest BCUT2D eigenvalue weighted by atomic mass is 10.1. The van der Waals surface area contributed by atoms with Gasteiger partial charge in [-0.15, -0.1) is 0 Å². The lowest BCUT2D eigenvalue weighted by molar-refractivity contribution is -0.121. The molecule has 0 atom stereocenters. The van der Waals surface area contributed by atoms with E-state index >= 15 is 0 Å². The van der Waals surface area contributed by atoms with E-state index in [1.165, 1.54) is 18.1 Å². The number of hydrogen-bond donors (Lipinski definition) is 0. The van der Waals surface area contributed by atoms with Gasteiger partial charge in [0.05, 0.1) is 36.2 Å². The van der Waals surface area contributed by atoms with Gasteiger partial charge in [0.1, 0.15) is 0 Å². The van der Waals surface area contributed by atoms with E-state index in [2.05, 4.69) is 15.9 Å². The molecule has 0 N–H and O–H groups in total. The third-order valence-electron chi connectivity index (χ3n) is 4.34. The van der Waals surface area contributed by atoms with Crippen LogP contribution < -0.4 is 14.4 Å². The molecule has 2 rings (SSSR count). The van der Waals surface area contributed by atoms with E-state index < -0.39 is 18.5 Å². The Balaban J connectivity index is 2.18. The van der Waals surface area contributed by atoms with Gasteiger partial charge in [-0.1, -0.05) is 6.07 Å². The molecule has 31 heavy (non-hydrogen) atoms. The van der Waals surface area contributed by atoms with Crippen molar-refractivity contribution in [3.63, 3.8) is 0 Å². The van der Waals surface area contributed by atoms with Crippen LogP contribution in [-0.4, -0.2) is 38.7 Å². The van der Waals surface area contributed by atoms with Gasteiger partial charge in [-0.25, -0.2) is 4.79 Å². The number of benzene rings is 2. The average molecular weight is 489 g/mol. The van der Waals surface area contributed by atoms with Crippen molar-refractivity contribution in [2.45, 2.75) is 27.2 Å². The summed E-state index contributed by atoms with van der Waals surface area (Å²) in [4.78, 5) is 26.9. The van der Waals surface area contributed by atoms with Crippen LogP contribution in [0.4, 0.5) is 5.69 Å². The highest BCUT2D eigenvalue weighted by Gasteiger charge is 2.21. The first-order valence-electron chi connectivity index (χ1n) is 9.73. The summed E-state index contributed by atoms with van der Waals surface area (Å²) in [6.07, 6.45) is 0.163. The molecule has 0 bridgehead atoms. The molecular formula is C23H25BrN2O5. The molecule has 0 aliphatic rings. The van der Waals surface area contributed by atoms with Crippen LogP contribution in [0, 0.1) is 25.2 Å². The molecule has 0 radical (unpaired) electrons. The monoisotopic (exact) mass is 488 g/mol. The van der Waals surface area contributed by atoms with Gasteiger partial charge in [0, 0.05) is 12.2 Å². The molecule has 0 aliphatic heterocycles. The summed E-state index contributed by atoms with van der Waals surface area (Å²) in [5.74, 6) is -0.222. The van der Waals surface area contributed by atoms with Crippen molar-refractivity contribution in [2.75, 3.05) is 31.8 Å². The fourth-order valence-electron chi connectivity index (χ4n) is 3.10. The van der Waals surface area contributed by atoms with Crippen molar-refractivity contribution in [1.82, 2.24) is 0 Å². The Morgan fingerprint density at radius 1 is 1.13 bits per heavy atom. The number of hydrogen-bond acceptors (Lipinski definition) is 6. The van der Waals surface area contributed by atoms with Crippen LogP contribution in [0.2, 0.25) is 0 Å². The molecule has 0 aromatic heterocycles. The summed E-state index contributed by atoms with van der Waals surface area (Å²) in [5, 5.41) is 8.96. The normalized spacial score (nSPS) is 10.2. The SMILES string of the molecule is CCOc1cc(C(=O)OCC(=O)N(CCC#N)c2cc(C)cc(C)c2)cc(Br)c1OC. The third-order valence-corrected chi connectivity index (χ3v) is 4.93. The topological polar surface area (TPSA) is 88.9 Å². The molecule has 0 fully saturated rings. The molecule has 0 heterocycles. The highest BCUT2D eigenvalue weighted by molar-refractivity contribution is 9.10. The zero-order chi connectivity index (χ0) is 23.0. The molecular weight excluding hydrogens is 464 g/mol. The second-order valence-corrected chi connectivity index (χ2v) is 7.65. The quantitative estimate of drug-likeness (QED) is 0.480. The van der Waals surface area contributed by atoms with E-state index in [4.69, 9.17) is 19.5 Å². The summed E-state index contributed by atoms with van der Waals surface area (Å²) in [6.45, 7) is 5.83. The largest absolute Gasteiger partial charge is 0.492 e. The molecule has 164 valence electrons. The predicted octanol–water partition coefficient (Wildman–Crippen LogP) is 4.58. The number of nitriles is 1. The van der Waals surface area contributed by atoms with E-state index in [9.17, 15) is 9.59 Å². The van der Waals surface area contributed by atoms with Crippen molar-refractivity contribution < 1.29 is 23.8 Å². The zero-order valence-corrected chi connectivity index (χ0v) is 19.6. The minimum absolute atomic E-state index is 0.163. The van der Waals surface area contributed by atoms with E-state index in [1.807, 2.05) is 45.0 Å². The van der Waals surface area contributed by atoms with Gasteiger partial charge in [-0.2, -0.15) is 5.26 Å². The number of carbonyl (C=O) groups excluding carboxylic acids is 2. The van der Waals surface area contributed by atoms with Crippen LogP contribution >= 0.6 is 15.9 Å². The standard InChI is InChI=1S/C23H25BrN2O5/c1-5-30-20-13-17(12-19(24)22(20)29-4)23(28)31-14-21(27)26(8-6-7-25)18-10-15(2)9-16(3)11-18/h9-13H,5-6,8,14H2,1-4H3. The fraction of sp³-hybridized carbons (Fsp3) is 0.348. The predicted molar refractivity (Wildman–Crippen MR) is 121 cm³/mol. The number of anilines is 1. The molecule has 0 spiro atoms. The number of amides is 1. The van der Waals surface area contributed by atoms with Crippen LogP contribution in [-0.2, 0) is 9.53 Å². The third kappa shape index (κ3) is 6.46. The number of esters is 1. The van der Waals surface area contributed by atoms with Crippen molar-refractivity contribution in [3.8, 4) is 17.6 Å². The molecule has 2 aromatic rings. The number of carbonyl (C=O) groups is 2. The first kappa shape index (κ1) is 24.2. The van der Waals surface area contributed by atoms with Gasteiger partial charge >= 0.3 is 5.97 Å². The number of nitrogens with zero attached hydrogens (tertiary/aromatic N) is 2. The van der Waals surface area contributed by atoms with Crippen molar-refractivity contribution in [2.24, 2.45) is 0 Å². The highest BCUT2D eigenvalue weighted by atomic mass is 79.9. The summed E-state index contributed by atoms with van der Waals surface area (Å²) in [5.41, 5.74) is 2.88. The lowest BCUT2D eigenvalue weighted by Crippen LogP contribution is -2.35. The van der Waals surface area contributed by atoms with E-state index in [-0.39, 0.29) is 18.5 Å². The van der Waals surface area contributed by atoms with Crippen LogP contribution in [0.1, 0.15) is 34.8 Å². The maximum absolute atomic E-state index is 12.8. The van der Waals surface area contributed by atoms with E-state index in [0.29, 0.717) is 28.3 Å². The molecule has 0 unspecified atom stereocenters. The summed E-state index contributed by atoms with van der Waals surface area (Å²) in [6, 6.07) is 10.8. The average Bonchev–Trinajstić information content (AvgIpc) is 2.71. The van der Waals surface area contributed by atoms with Gasteiger partial charge in [0.15, 0.2) is 18.1 Å². The number of ether oxygens (including phenoxy) is 3. The van der Waals surface area contributed by atoms with Gasteiger partial charge in [-0.05, 0) is 72.1 Å². The molecule has 8 heteroatoms. The molecule has 2 aromatic carbocycles. The van der Waals surface area contributed by atoms with Crippen LogP contribution in [0.25, 0.3) is 0 Å². The number of aryl methyl sites for hydroxylation is 2. The summed E-state index contributed by atoms with van der Waals surface area (Å²) in [7, 11) is 1.50. The van der Waals surface area contributed by atoms with E-state index in [1.54, 1.807) is 6.07 Å². The maximum Gasteiger partial charge on any atom is 0.338 e. The first-order chi connectivity index (χ1) is 14.8. The Hall–Kier alpha value is -3.05. The Labute approximate surface area is 190 Å². The van der Waals surface area contributed by atoms with Gasteiger partial charge in [0.25, 0.3) is 5.91 Å². The maximum atomic E-state index is 12.8. The second kappa shape index (κ2) is 11.4. The minimum Gasteiger partial charge on any atom is -0.492 e. The highest BCUT2D eigenvalue weighted by Crippen LogP contribution is 2.36. The van der Waals surface area contributed by atoms with Crippen LogP contribution in [0.5, 0.6) is 11.5 Å².